The Hall–Kier alpha value is -2.28. The van der Waals surface area contributed by atoms with E-state index in [0.717, 1.165) is 53.8 Å². The molecular weight excluding hydrogens is 358 g/mol. The maximum absolute atomic E-state index is 13.1. The molecule has 0 radical (unpaired) electrons. The summed E-state index contributed by atoms with van der Waals surface area (Å²) in [5, 5.41) is 0.796. The first-order chi connectivity index (χ1) is 13.3. The second-order valence-electron chi connectivity index (χ2n) is 6.78. The maximum atomic E-state index is 13.1. The third-order valence-corrected chi connectivity index (χ3v) is 5.96. The smallest absolute Gasteiger partial charge is 0.233 e. The van der Waals surface area contributed by atoms with Gasteiger partial charge in [-0.05, 0) is 17.7 Å². The van der Waals surface area contributed by atoms with Crippen LogP contribution in [-0.4, -0.2) is 50.3 Å². The lowest BCUT2D eigenvalue weighted by Crippen LogP contribution is -3.14. The minimum absolute atomic E-state index is 0.105. The molecule has 0 unspecified atom stereocenters. The Morgan fingerprint density at radius 1 is 1.07 bits per heavy atom. The first-order valence-corrected chi connectivity index (χ1v) is 10.2. The highest BCUT2D eigenvalue weighted by molar-refractivity contribution is 7.22. The summed E-state index contributed by atoms with van der Waals surface area (Å²) in [5.74, 6) is 0.105. The van der Waals surface area contributed by atoms with Gasteiger partial charge in [0.2, 0.25) is 5.91 Å². The number of nitrogens with zero attached hydrogens (tertiary/aromatic N) is 2. The molecule has 1 amide bonds. The van der Waals surface area contributed by atoms with Crippen LogP contribution in [0.3, 0.4) is 0 Å². The number of carbonyl (C=O) groups excluding carboxylic acids is 1. The average Bonchev–Trinajstić information content (AvgIpc) is 3.13. The number of hydrogen-bond donors (Lipinski definition) is 1. The van der Waals surface area contributed by atoms with E-state index in [1.165, 1.54) is 4.90 Å². The van der Waals surface area contributed by atoms with Crippen LogP contribution < -0.4 is 9.80 Å². The molecule has 1 aliphatic heterocycles. The van der Waals surface area contributed by atoms with Gasteiger partial charge in [-0.3, -0.25) is 9.69 Å². The van der Waals surface area contributed by atoms with Gasteiger partial charge in [0, 0.05) is 0 Å². The van der Waals surface area contributed by atoms with Crippen LogP contribution in [0.25, 0.3) is 10.2 Å². The lowest BCUT2D eigenvalue weighted by molar-refractivity contribution is -0.906. The van der Waals surface area contributed by atoms with Gasteiger partial charge in [0.25, 0.3) is 0 Å². The molecule has 1 saturated heterocycles. The van der Waals surface area contributed by atoms with Crippen LogP contribution in [0, 0.1) is 0 Å². The molecule has 3 aromatic rings. The number of ether oxygens (including phenoxy) is 1. The van der Waals surface area contributed by atoms with E-state index in [1.807, 2.05) is 53.4 Å². The molecule has 2 heterocycles. The normalized spacial score (nSPS) is 15.1. The molecule has 0 aliphatic carbocycles. The van der Waals surface area contributed by atoms with Crippen LogP contribution in [0.5, 0.6) is 0 Å². The van der Waals surface area contributed by atoms with Gasteiger partial charge >= 0.3 is 0 Å². The number of aromatic nitrogens is 1. The van der Waals surface area contributed by atoms with Crippen molar-refractivity contribution < 1.29 is 14.4 Å². The highest BCUT2D eigenvalue weighted by Gasteiger charge is 2.23. The predicted molar refractivity (Wildman–Crippen MR) is 109 cm³/mol. The van der Waals surface area contributed by atoms with Crippen molar-refractivity contribution in [3.8, 4) is 0 Å². The average molecular weight is 383 g/mol. The van der Waals surface area contributed by atoms with Crippen molar-refractivity contribution in [2.45, 2.75) is 6.42 Å². The van der Waals surface area contributed by atoms with Crippen LogP contribution in [0.2, 0.25) is 0 Å². The van der Waals surface area contributed by atoms with Crippen LogP contribution in [-0.2, 0) is 16.0 Å². The lowest BCUT2D eigenvalue weighted by atomic mass is 10.1. The third-order valence-electron chi connectivity index (χ3n) is 4.90. The fourth-order valence-electron chi connectivity index (χ4n) is 3.35. The van der Waals surface area contributed by atoms with Crippen molar-refractivity contribution in [2.24, 2.45) is 0 Å². The molecule has 2 aromatic carbocycles. The van der Waals surface area contributed by atoms with Crippen molar-refractivity contribution in [2.75, 3.05) is 44.3 Å². The fraction of sp³-hybridized carbons (Fsp3) is 0.333. The van der Waals surface area contributed by atoms with E-state index in [9.17, 15) is 4.79 Å². The number of carbonyl (C=O) groups is 1. The molecule has 0 saturated carbocycles. The molecule has 0 spiro atoms. The van der Waals surface area contributed by atoms with E-state index < -0.39 is 0 Å². The summed E-state index contributed by atoms with van der Waals surface area (Å²) in [7, 11) is 0. The highest BCUT2D eigenvalue weighted by Crippen LogP contribution is 2.28. The van der Waals surface area contributed by atoms with Gasteiger partial charge in [-0.2, -0.15) is 0 Å². The number of fused-ring (bicyclic) bond motifs is 1. The Morgan fingerprint density at radius 2 is 1.81 bits per heavy atom. The maximum Gasteiger partial charge on any atom is 0.233 e. The molecule has 1 fully saturated rings. The zero-order chi connectivity index (χ0) is 18.5. The fourth-order valence-corrected chi connectivity index (χ4v) is 4.36. The molecule has 1 aliphatic rings. The largest absolute Gasteiger partial charge is 0.370 e. The van der Waals surface area contributed by atoms with Crippen LogP contribution in [0.4, 0.5) is 5.13 Å². The number of morpholine rings is 1. The summed E-state index contributed by atoms with van der Waals surface area (Å²) in [5.41, 5.74) is 1.99. The van der Waals surface area contributed by atoms with Gasteiger partial charge in [0.05, 0.1) is 42.9 Å². The van der Waals surface area contributed by atoms with Crippen LogP contribution in [0.15, 0.2) is 54.6 Å². The molecule has 27 heavy (non-hydrogen) atoms. The Morgan fingerprint density at radius 3 is 2.59 bits per heavy atom. The quantitative estimate of drug-likeness (QED) is 0.707. The Balaban J connectivity index is 1.54. The first-order valence-electron chi connectivity index (χ1n) is 9.41. The predicted octanol–water partition coefficient (Wildman–Crippen LogP) is 1.79. The van der Waals surface area contributed by atoms with Crippen molar-refractivity contribution in [3.05, 3.63) is 60.2 Å². The summed E-state index contributed by atoms with van der Waals surface area (Å²) in [6.07, 6.45) is 0.398. The second-order valence-corrected chi connectivity index (χ2v) is 7.79. The topological polar surface area (TPSA) is 46.9 Å². The standard InChI is InChI=1S/C21H23N3O2S/c25-20(16-17-6-2-1-3-7-17)24(11-10-23-12-14-26-15-13-23)21-22-18-8-4-5-9-19(18)27-21/h1-9H,10-16H2/p+1. The molecule has 1 aromatic heterocycles. The SMILES string of the molecule is O=C(Cc1ccccc1)N(CC[NH+]1CCOCC1)c1nc2ccccc2s1. The van der Waals surface area contributed by atoms with E-state index in [0.29, 0.717) is 13.0 Å². The van der Waals surface area contributed by atoms with Crippen molar-refractivity contribution in [1.82, 2.24) is 4.98 Å². The monoisotopic (exact) mass is 382 g/mol. The van der Waals surface area contributed by atoms with E-state index in [1.54, 1.807) is 11.3 Å². The number of thiazole rings is 1. The van der Waals surface area contributed by atoms with Gasteiger partial charge in [-0.25, -0.2) is 4.98 Å². The number of nitrogens with one attached hydrogen (secondary N) is 1. The molecule has 0 atom stereocenters. The molecule has 0 bridgehead atoms. The van der Waals surface area contributed by atoms with E-state index in [2.05, 4.69) is 6.07 Å². The van der Waals surface area contributed by atoms with Gasteiger partial charge in [-0.1, -0.05) is 53.8 Å². The van der Waals surface area contributed by atoms with Crippen molar-refractivity contribution in [1.29, 1.82) is 0 Å². The van der Waals surface area contributed by atoms with Gasteiger partial charge in [0.1, 0.15) is 13.1 Å². The van der Waals surface area contributed by atoms with E-state index in [4.69, 9.17) is 9.72 Å². The number of benzene rings is 2. The van der Waals surface area contributed by atoms with Gasteiger partial charge in [-0.15, -0.1) is 0 Å². The third kappa shape index (κ3) is 4.53. The summed E-state index contributed by atoms with van der Waals surface area (Å²) in [6, 6.07) is 18.0. The summed E-state index contributed by atoms with van der Waals surface area (Å²) < 4.78 is 6.56. The minimum atomic E-state index is 0.105. The number of anilines is 1. The molecular formula is C21H24N3O2S+. The molecule has 140 valence electrons. The number of para-hydroxylation sites is 1. The summed E-state index contributed by atoms with van der Waals surface area (Å²) in [6.45, 7) is 5.20. The van der Waals surface area contributed by atoms with Gasteiger partial charge < -0.3 is 9.64 Å². The Kier molecular flexibility index (Phi) is 5.77. The number of amides is 1. The zero-order valence-corrected chi connectivity index (χ0v) is 16.1. The number of rotatable bonds is 6. The minimum Gasteiger partial charge on any atom is -0.370 e. The summed E-state index contributed by atoms with van der Waals surface area (Å²) >= 11 is 1.59. The van der Waals surface area contributed by atoms with Crippen molar-refractivity contribution >= 4 is 32.6 Å². The van der Waals surface area contributed by atoms with Crippen LogP contribution >= 0.6 is 11.3 Å². The van der Waals surface area contributed by atoms with E-state index >= 15 is 0 Å². The van der Waals surface area contributed by atoms with Crippen LogP contribution in [0.1, 0.15) is 5.56 Å². The molecule has 6 heteroatoms. The van der Waals surface area contributed by atoms with E-state index in [-0.39, 0.29) is 5.91 Å². The Labute approximate surface area is 163 Å². The van der Waals surface area contributed by atoms with Gasteiger partial charge in [0.15, 0.2) is 5.13 Å². The molecule has 1 N–H and O–H groups in total. The highest BCUT2D eigenvalue weighted by atomic mass is 32.1. The van der Waals surface area contributed by atoms with Crippen molar-refractivity contribution in [3.63, 3.8) is 0 Å². The number of quaternary nitrogens is 1. The summed E-state index contributed by atoms with van der Waals surface area (Å²) in [4.78, 5) is 21.2. The second kappa shape index (κ2) is 8.61. The lowest BCUT2D eigenvalue weighted by Gasteiger charge is -2.27. The first kappa shape index (κ1) is 18.1. The Bertz CT molecular complexity index is 858. The molecule has 5 nitrogen and oxygen atoms in total. The number of hydrogen-bond acceptors (Lipinski definition) is 4. The zero-order valence-electron chi connectivity index (χ0n) is 15.3. The molecule has 4 rings (SSSR count).